The van der Waals surface area contributed by atoms with Gasteiger partial charge in [-0.05, 0) is 43.5 Å². The van der Waals surface area contributed by atoms with Crippen LogP contribution in [0, 0.1) is 11.3 Å². The zero-order valence-corrected chi connectivity index (χ0v) is 12.3. The summed E-state index contributed by atoms with van der Waals surface area (Å²) < 4.78 is 26.4. The van der Waals surface area contributed by atoms with E-state index >= 15 is 0 Å². The Balaban J connectivity index is 1.77. The molecule has 0 atom stereocenters. The number of carbonyl (C=O) groups excluding carboxylic acids is 1. The van der Waals surface area contributed by atoms with Crippen LogP contribution in [0.5, 0.6) is 0 Å². The van der Waals surface area contributed by atoms with Crippen LogP contribution in [0.1, 0.15) is 31.2 Å². The Morgan fingerprint density at radius 3 is 2.52 bits per heavy atom. The van der Waals surface area contributed by atoms with Crippen molar-refractivity contribution < 1.29 is 13.2 Å². The molecular formula is C14H17N3O3S. The number of nitrogens with one attached hydrogen (secondary N) is 2. The van der Waals surface area contributed by atoms with Crippen LogP contribution in [0.15, 0.2) is 29.2 Å². The number of hydrogen-bond donors (Lipinski definition) is 2. The monoisotopic (exact) mass is 307 g/mol. The highest BCUT2D eigenvalue weighted by atomic mass is 32.2. The predicted octanol–water partition coefficient (Wildman–Crippen LogP) is 0.895. The summed E-state index contributed by atoms with van der Waals surface area (Å²) >= 11 is 0. The molecule has 0 radical (unpaired) electrons. The zero-order chi connectivity index (χ0) is 15.3. The summed E-state index contributed by atoms with van der Waals surface area (Å²) in [5.41, 5.74) is 0.408. The van der Waals surface area contributed by atoms with Gasteiger partial charge in [-0.25, -0.2) is 13.1 Å². The Bertz CT molecular complexity index is 643. The van der Waals surface area contributed by atoms with Crippen LogP contribution < -0.4 is 10.0 Å². The molecule has 7 heteroatoms. The number of hydrogen-bond acceptors (Lipinski definition) is 4. The first-order valence-electron chi connectivity index (χ1n) is 6.80. The van der Waals surface area contributed by atoms with Crippen LogP contribution in [0.2, 0.25) is 0 Å². The van der Waals surface area contributed by atoms with E-state index in [1.807, 2.05) is 6.07 Å². The number of nitriles is 1. The highest BCUT2D eigenvalue weighted by Gasteiger charge is 2.22. The third kappa shape index (κ3) is 4.85. The molecule has 1 aliphatic rings. The van der Waals surface area contributed by atoms with Crippen molar-refractivity contribution in [2.75, 3.05) is 6.54 Å². The van der Waals surface area contributed by atoms with Gasteiger partial charge in [-0.3, -0.25) is 4.79 Å². The van der Waals surface area contributed by atoms with Crippen molar-refractivity contribution in [3.8, 4) is 6.07 Å². The molecule has 1 aromatic carbocycles. The summed E-state index contributed by atoms with van der Waals surface area (Å²) in [5.74, 6) is -0.0323. The average molecular weight is 307 g/mol. The van der Waals surface area contributed by atoms with Gasteiger partial charge in [-0.2, -0.15) is 5.26 Å². The second-order valence-electron chi connectivity index (χ2n) is 4.98. The fourth-order valence-corrected chi connectivity index (χ4v) is 2.85. The second-order valence-corrected chi connectivity index (χ2v) is 6.75. The van der Waals surface area contributed by atoms with Gasteiger partial charge in [0, 0.05) is 19.0 Å². The molecule has 0 saturated heterocycles. The van der Waals surface area contributed by atoms with E-state index < -0.39 is 10.0 Å². The molecule has 21 heavy (non-hydrogen) atoms. The van der Waals surface area contributed by atoms with Crippen LogP contribution in [0.4, 0.5) is 0 Å². The maximum atomic E-state index is 12.0. The van der Waals surface area contributed by atoms with E-state index in [0.717, 1.165) is 12.8 Å². The molecule has 2 rings (SSSR count). The standard InChI is InChI=1S/C14H17N3O3S/c15-10-11-3-7-13(8-4-11)21(19,20)16-9-1-2-14(18)17-12-5-6-12/h3-4,7-8,12,16H,1-2,5-6,9H2,(H,17,18). The smallest absolute Gasteiger partial charge is 0.240 e. The summed E-state index contributed by atoms with van der Waals surface area (Å²) in [6.45, 7) is 0.209. The zero-order valence-electron chi connectivity index (χ0n) is 11.5. The van der Waals surface area contributed by atoms with Gasteiger partial charge in [0.25, 0.3) is 0 Å². The van der Waals surface area contributed by atoms with E-state index in [2.05, 4.69) is 10.0 Å². The lowest BCUT2D eigenvalue weighted by molar-refractivity contribution is -0.121. The topological polar surface area (TPSA) is 99.1 Å². The number of amides is 1. The first-order valence-corrected chi connectivity index (χ1v) is 8.29. The number of benzene rings is 1. The van der Waals surface area contributed by atoms with Crippen molar-refractivity contribution in [2.45, 2.75) is 36.6 Å². The van der Waals surface area contributed by atoms with Crippen LogP contribution >= 0.6 is 0 Å². The summed E-state index contributed by atoms with van der Waals surface area (Å²) in [5, 5.41) is 11.5. The number of rotatable bonds is 7. The Morgan fingerprint density at radius 2 is 1.95 bits per heavy atom. The van der Waals surface area contributed by atoms with Crippen molar-refractivity contribution in [1.82, 2.24) is 10.0 Å². The molecule has 6 nitrogen and oxygen atoms in total. The van der Waals surface area contributed by atoms with Gasteiger partial charge in [-0.1, -0.05) is 0 Å². The van der Waals surface area contributed by atoms with E-state index in [1.165, 1.54) is 24.3 Å². The predicted molar refractivity (Wildman–Crippen MR) is 76.7 cm³/mol. The quantitative estimate of drug-likeness (QED) is 0.731. The Hall–Kier alpha value is -1.91. The largest absolute Gasteiger partial charge is 0.353 e. The highest BCUT2D eigenvalue weighted by Crippen LogP contribution is 2.18. The maximum absolute atomic E-state index is 12.0. The highest BCUT2D eigenvalue weighted by molar-refractivity contribution is 7.89. The van der Waals surface area contributed by atoms with E-state index in [9.17, 15) is 13.2 Å². The summed E-state index contributed by atoms with van der Waals surface area (Å²) in [6.07, 6.45) is 2.84. The van der Waals surface area contributed by atoms with E-state index in [1.54, 1.807) is 0 Å². The van der Waals surface area contributed by atoms with Crippen molar-refractivity contribution >= 4 is 15.9 Å². The molecule has 1 saturated carbocycles. The Labute approximate surface area is 124 Å². The van der Waals surface area contributed by atoms with Gasteiger partial charge in [0.05, 0.1) is 16.5 Å². The van der Waals surface area contributed by atoms with Crippen LogP contribution in [0.25, 0.3) is 0 Å². The van der Waals surface area contributed by atoms with Crippen molar-refractivity contribution in [1.29, 1.82) is 5.26 Å². The third-order valence-corrected chi connectivity index (χ3v) is 4.59. The van der Waals surface area contributed by atoms with Crippen molar-refractivity contribution in [3.05, 3.63) is 29.8 Å². The van der Waals surface area contributed by atoms with E-state index in [-0.39, 0.29) is 17.3 Å². The number of sulfonamides is 1. The molecule has 2 N–H and O–H groups in total. The normalized spacial score (nSPS) is 14.4. The molecule has 0 spiro atoms. The molecule has 1 amide bonds. The van der Waals surface area contributed by atoms with E-state index in [0.29, 0.717) is 24.4 Å². The minimum atomic E-state index is -3.59. The molecule has 0 bridgehead atoms. The van der Waals surface area contributed by atoms with Crippen LogP contribution in [-0.2, 0) is 14.8 Å². The lowest BCUT2D eigenvalue weighted by atomic mass is 10.2. The molecule has 1 fully saturated rings. The molecular weight excluding hydrogens is 290 g/mol. The second kappa shape index (κ2) is 6.70. The van der Waals surface area contributed by atoms with Gasteiger partial charge in [0.15, 0.2) is 0 Å². The third-order valence-electron chi connectivity index (χ3n) is 3.11. The van der Waals surface area contributed by atoms with Crippen molar-refractivity contribution in [2.24, 2.45) is 0 Å². The Kier molecular flexibility index (Phi) is 4.94. The van der Waals surface area contributed by atoms with E-state index in [4.69, 9.17) is 5.26 Å². The molecule has 0 heterocycles. The first kappa shape index (κ1) is 15.5. The number of nitrogens with zero attached hydrogens (tertiary/aromatic N) is 1. The molecule has 0 aliphatic heterocycles. The number of carbonyl (C=O) groups is 1. The van der Waals surface area contributed by atoms with Gasteiger partial charge >= 0.3 is 0 Å². The lowest BCUT2D eigenvalue weighted by Crippen LogP contribution is -2.28. The minimum Gasteiger partial charge on any atom is -0.353 e. The van der Waals surface area contributed by atoms with Crippen LogP contribution in [0.3, 0.4) is 0 Å². The van der Waals surface area contributed by atoms with Crippen LogP contribution in [-0.4, -0.2) is 26.9 Å². The van der Waals surface area contributed by atoms with Gasteiger partial charge in [0.1, 0.15) is 0 Å². The van der Waals surface area contributed by atoms with Crippen molar-refractivity contribution in [3.63, 3.8) is 0 Å². The fourth-order valence-electron chi connectivity index (χ4n) is 1.77. The Morgan fingerprint density at radius 1 is 1.29 bits per heavy atom. The summed E-state index contributed by atoms with van der Waals surface area (Å²) in [7, 11) is -3.59. The summed E-state index contributed by atoms with van der Waals surface area (Å²) in [6, 6.07) is 7.95. The first-order chi connectivity index (χ1) is 10.0. The van der Waals surface area contributed by atoms with Gasteiger partial charge in [0.2, 0.25) is 15.9 Å². The molecule has 112 valence electrons. The SMILES string of the molecule is N#Cc1ccc(S(=O)(=O)NCCCC(=O)NC2CC2)cc1. The lowest BCUT2D eigenvalue weighted by Gasteiger charge is -2.07. The minimum absolute atomic E-state index is 0.0323. The molecule has 1 aliphatic carbocycles. The van der Waals surface area contributed by atoms with Gasteiger partial charge in [-0.15, -0.1) is 0 Å². The van der Waals surface area contributed by atoms with Gasteiger partial charge < -0.3 is 5.32 Å². The molecule has 0 unspecified atom stereocenters. The molecule has 0 aromatic heterocycles. The maximum Gasteiger partial charge on any atom is 0.240 e. The molecule has 1 aromatic rings. The fraction of sp³-hybridized carbons (Fsp3) is 0.429. The summed E-state index contributed by atoms with van der Waals surface area (Å²) in [4.78, 5) is 11.6. The average Bonchev–Trinajstić information content (AvgIpc) is 3.27.